The Bertz CT molecular complexity index is 626. The van der Waals surface area contributed by atoms with E-state index in [-0.39, 0.29) is 5.91 Å². The number of aryl methyl sites for hydroxylation is 1. The number of nitrogens with two attached hydrogens (primary N) is 1. The SMILES string of the molecule is CNC(=O)c1ccc(N)c(SCc2cccc(C)c2)c1. The minimum Gasteiger partial charge on any atom is -0.398 e. The van der Waals surface area contributed by atoms with Crippen molar-refractivity contribution in [1.82, 2.24) is 5.32 Å². The van der Waals surface area contributed by atoms with E-state index in [0.717, 1.165) is 10.6 Å². The Hall–Kier alpha value is -1.94. The maximum absolute atomic E-state index is 11.6. The first-order chi connectivity index (χ1) is 9.60. The number of anilines is 1. The maximum atomic E-state index is 11.6. The van der Waals surface area contributed by atoms with Gasteiger partial charge in [-0.3, -0.25) is 4.79 Å². The number of amides is 1. The van der Waals surface area contributed by atoms with Gasteiger partial charge in [-0.1, -0.05) is 29.8 Å². The minimum absolute atomic E-state index is 0.0950. The molecule has 20 heavy (non-hydrogen) atoms. The Morgan fingerprint density at radius 3 is 2.75 bits per heavy atom. The van der Waals surface area contributed by atoms with E-state index in [9.17, 15) is 4.79 Å². The highest BCUT2D eigenvalue weighted by molar-refractivity contribution is 7.98. The molecule has 0 fully saturated rings. The molecule has 0 heterocycles. The number of hydrogen-bond acceptors (Lipinski definition) is 3. The van der Waals surface area contributed by atoms with Gasteiger partial charge in [-0.15, -0.1) is 11.8 Å². The van der Waals surface area contributed by atoms with Gasteiger partial charge in [-0.05, 0) is 30.7 Å². The molecule has 0 aliphatic heterocycles. The standard InChI is InChI=1S/C16H18N2OS/c1-11-4-3-5-12(8-11)10-20-15-9-13(16(19)18-2)6-7-14(15)17/h3-9H,10,17H2,1-2H3,(H,18,19). The number of carbonyl (C=O) groups excluding carboxylic acids is 1. The van der Waals surface area contributed by atoms with Gasteiger partial charge in [0.2, 0.25) is 0 Å². The molecule has 0 radical (unpaired) electrons. The molecule has 3 nitrogen and oxygen atoms in total. The highest BCUT2D eigenvalue weighted by Crippen LogP contribution is 2.29. The van der Waals surface area contributed by atoms with E-state index in [4.69, 9.17) is 5.73 Å². The van der Waals surface area contributed by atoms with Crippen molar-refractivity contribution in [1.29, 1.82) is 0 Å². The average Bonchev–Trinajstić information content (AvgIpc) is 2.45. The Balaban J connectivity index is 2.14. The molecular weight excluding hydrogens is 268 g/mol. The summed E-state index contributed by atoms with van der Waals surface area (Å²) in [5.41, 5.74) is 9.80. The molecule has 0 aromatic heterocycles. The molecule has 0 bridgehead atoms. The van der Waals surface area contributed by atoms with E-state index in [2.05, 4.69) is 36.5 Å². The molecule has 1 amide bonds. The first-order valence-electron chi connectivity index (χ1n) is 6.40. The third kappa shape index (κ3) is 3.54. The van der Waals surface area contributed by atoms with Crippen LogP contribution in [0.15, 0.2) is 47.4 Å². The fraction of sp³-hybridized carbons (Fsp3) is 0.188. The second-order valence-corrected chi connectivity index (χ2v) is 5.63. The fourth-order valence-corrected chi connectivity index (χ4v) is 2.85. The van der Waals surface area contributed by atoms with Crippen molar-refractivity contribution in [3.8, 4) is 0 Å². The van der Waals surface area contributed by atoms with Gasteiger partial charge in [0, 0.05) is 28.9 Å². The van der Waals surface area contributed by atoms with Crippen LogP contribution < -0.4 is 11.1 Å². The summed E-state index contributed by atoms with van der Waals surface area (Å²) in [6, 6.07) is 13.7. The molecular formula is C16H18N2OS. The van der Waals surface area contributed by atoms with Crippen LogP contribution in [0.4, 0.5) is 5.69 Å². The molecule has 0 aliphatic carbocycles. The largest absolute Gasteiger partial charge is 0.398 e. The number of hydrogen-bond donors (Lipinski definition) is 2. The first kappa shape index (κ1) is 14.5. The van der Waals surface area contributed by atoms with Crippen LogP contribution in [0.25, 0.3) is 0 Å². The molecule has 2 aromatic carbocycles. The number of nitrogen functional groups attached to an aromatic ring is 1. The summed E-state index contributed by atoms with van der Waals surface area (Å²) >= 11 is 1.65. The monoisotopic (exact) mass is 286 g/mol. The number of rotatable bonds is 4. The lowest BCUT2D eigenvalue weighted by Crippen LogP contribution is -2.17. The Labute approximate surface area is 123 Å². The van der Waals surface area contributed by atoms with E-state index in [1.165, 1.54) is 11.1 Å². The summed E-state index contributed by atoms with van der Waals surface area (Å²) in [6.07, 6.45) is 0. The second kappa shape index (κ2) is 6.48. The van der Waals surface area contributed by atoms with Crippen LogP contribution in [-0.4, -0.2) is 13.0 Å². The smallest absolute Gasteiger partial charge is 0.251 e. The number of thioether (sulfide) groups is 1. The van der Waals surface area contributed by atoms with Crippen molar-refractivity contribution >= 4 is 23.4 Å². The maximum Gasteiger partial charge on any atom is 0.251 e. The summed E-state index contributed by atoms with van der Waals surface area (Å²) in [5.74, 6) is 0.741. The van der Waals surface area contributed by atoms with Crippen molar-refractivity contribution in [2.75, 3.05) is 12.8 Å². The fourth-order valence-electron chi connectivity index (χ4n) is 1.91. The van der Waals surface area contributed by atoms with E-state index in [0.29, 0.717) is 11.3 Å². The van der Waals surface area contributed by atoms with E-state index in [1.807, 2.05) is 6.07 Å². The highest BCUT2D eigenvalue weighted by Gasteiger charge is 2.07. The highest BCUT2D eigenvalue weighted by atomic mass is 32.2. The normalized spacial score (nSPS) is 10.3. The molecule has 3 N–H and O–H groups in total. The van der Waals surface area contributed by atoms with Crippen LogP contribution in [0.2, 0.25) is 0 Å². The van der Waals surface area contributed by atoms with Crippen LogP contribution in [0.5, 0.6) is 0 Å². The second-order valence-electron chi connectivity index (χ2n) is 4.61. The molecule has 2 rings (SSSR count). The summed E-state index contributed by atoms with van der Waals surface area (Å²) in [6.45, 7) is 2.08. The molecule has 4 heteroatoms. The van der Waals surface area contributed by atoms with E-state index in [1.54, 1.807) is 30.9 Å². The Morgan fingerprint density at radius 1 is 1.25 bits per heavy atom. The number of nitrogens with one attached hydrogen (secondary N) is 1. The van der Waals surface area contributed by atoms with Crippen LogP contribution in [0.3, 0.4) is 0 Å². The van der Waals surface area contributed by atoms with Gasteiger partial charge in [0.1, 0.15) is 0 Å². The van der Waals surface area contributed by atoms with Gasteiger partial charge in [0.25, 0.3) is 5.91 Å². The van der Waals surface area contributed by atoms with Crippen molar-refractivity contribution in [3.63, 3.8) is 0 Å². The minimum atomic E-state index is -0.0950. The van der Waals surface area contributed by atoms with Gasteiger partial charge in [0.15, 0.2) is 0 Å². The number of benzene rings is 2. The topological polar surface area (TPSA) is 55.1 Å². The zero-order chi connectivity index (χ0) is 14.5. The molecule has 0 unspecified atom stereocenters. The number of carbonyl (C=O) groups is 1. The predicted molar refractivity (Wildman–Crippen MR) is 85.0 cm³/mol. The molecule has 0 saturated heterocycles. The zero-order valence-electron chi connectivity index (χ0n) is 11.6. The third-order valence-corrected chi connectivity index (χ3v) is 4.12. The Kier molecular flexibility index (Phi) is 4.69. The first-order valence-corrected chi connectivity index (χ1v) is 7.38. The van der Waals surface area contributed by atoms with Gasteiger partial charge >= 0.3 is 0 Å². The van der Waals surface area contributed by atoms with Crippen LogP contribution >= 0.6 is 11.8 Å². The van der Waals surface area contributed by atoms with Gasteiger partial charge in [-0.2, -0.15) is 0 Å². The lowest BCUT2D eigenvalue weighted by atomic mass is 10.2. The van der Waals surface area contributed by atoms with E-state index < -0.39 is 0 Å². The van der Waals surface area contributed by atoms with Crippen LogP contribution in [0.1, 0.15) is 21.5 Å². The van der Waals surface area contributed by atoms with Crippen molar-refractivity contribution in [2.45, 2.75) is 17.6 Å². The molecule has 0 aliphatic rings. The van der Waals surface area contributed by atoms with Crippen LogP contribution in [0, 0.1) is 6.92 Å². The lowest BCUT2D eigenvalue weighted by Gasteiger charge is -2.08. The summed E-state index contributed by atoms with van der Waals surface area (Å²) in [5, 5.41) is 2.62. The molecule has 2 aromatic rings. The van der Waals surface area contributed by atoms with Gasteiger partial charge in [0.05, 0.1) is 0 Å². The summed E-state index contributed by atoms with van der Waals surface area (Å²) in [4.78, 5) is 12.6. The van der Waals surface area contributed by atoms with E-state index >= 15 is 0 Å². The molecule has 0 saturated carbocycles. The predicted octanol–water partition coefficient (Wildman–Crippen LogP) is 3.23. The van der Waals surface area contributed by atoms with Gasteiger partial charge < -0.3 is 11.1 Å². The lowest BCUT2D eigenvalue weighted by molar-refractivity contribution is 0.0963. The Morgan fingerprint density at radius 2 is 2.05 bits per heavy atom. The zero-order valence-corrected chi connectivity index (χ0v) is 12.5. The van der Waals surface area contributed by atoms with Crippen LogP contribution in [-0.2, 0) is 5.75 Å². The van der Waals surface area contributed by atoms with Crippen molar-refractivity contribution in [3.05, 3.63) is 59.2 Å². The molecule has 0 spiro atoms. The molecule has 104 valence electrons. The van der Waals surface area contributed by atoms with Gasteiger partial charge in [-0.25, -0.2) is 0 Å². The summed E-state index contributed by atoms with van der Waals surface area (Å²) < 4.78 is 0. The van der Waals surface area contributed by atoms with Crippen molar-refractivity contribution in [2.24, 2.45) is 0 Å². The average molecular weight is 286 g/mol. The molecule has 0 atom stereocenters. The quantitative estimate of drug-likeness (QED) is 0.670. The van der Waals surface area contributed by atoms with Crippen molar-refractivity contribution < 1.29 is 4.79 Å². The third-order valence-electron chi connectivity index (χ3n) is 2.98. The summed E-state index contributed by atoms with van der Waals surface area (Å²) in [7, 11) is 1.62.